The molecule has 3 rings (SSSR count). The van der Waals surface area contributed by atoms with Crippen LogP contribution in [0.4, 0.5) is 0 Å². The van der Waals surface area contributed by atoms with E-state index in [9.17, 15) is 4.79 Å². The van der Waals surface area contributed by atoms with Gasteiger partial charge in [-0.15, -0.1) is 0 Å². The summed E-state index contributed by atoms with van der Waals surface area (Å²) in [5.74, 6) is 1.82. The fourth-order valence-corrected chi connectivity index (χ4v) is 3.15. The minimum absolute atomic E-state index is 0.312. The highest BCUT2D eigenvalue weighted by Gasteiger charge is 2.15. The standard InChI is InChI=1S/C26H30N2O8/c1-5-33-25(29)9-7-18-6-8-21(22(14-18)32-4)36-26-19-15-23(34-12-10-30-2)24(35-13-11-31-3)16-20(19)27-17-28-26/h6-9,14-17H,5,10-13H2,1-4H3. The summed E-state index contributed by atoms with van der Waals surface area (Å²) in [6, 6.07) is 8.80. The first kappa shape index (κ1) is 26.7. The average Bonchev–Trinajstić information content (AvgIpc) is 2.89. The van der Waals surface area contributed by atoms with Gasteiger partial charge in [0.25, 0.3) is 0 Å². The van der Waals surface area contributed by atoms with E-state index >= 15 is 0 Å². The first-order chi connectivity index (χ1) is 17.6. The minimum atomic E-state index is -0.418. The van der Waals surface area contributed by atoms with E-state index < -0.39 is 5.97 Å². The van der Waals surface area contributed by atoms with Crippen molar-refractivity contribution in [2.75, 3.05) is 54.4 Å². The van der Waals surface area contributed by atoms with Crippen LogP contribution in [0.5, 0.6) is 28.9 Å². The molecule has 0 N–H and O–H groups in total. The zero-order chi connectivity index (χ0) is 25.8. The van der Waals surface area contributed by atoms with Crippen molar-refractivity contribution in [2.45, 2.75) is 6.92 Å². The van der Waals surface area contributed by atoms with Crippen molar-refractivity contribution in [1.82, 2.24) is 9.97 Å². The maximum absolute atomic E-state index is 11.6. The molecule has 0 radical (unpaired) electrons. The predicted molar refractivity (Wildman–Crippen MR) is 133 cm³/mol. The van der Waals surface area contributed by atoms with Gasteiger partial charge in [0, 0.05) is 26.4 Å². The van der Waals surface area contributed by atoms with Crippen molar-refractivity contribution >= 4 is 22.9 Å². The molecule has 36 heavy (non-hydrogen) atoms. The largest absolute Gasteiger partial charge is 0.493 e. The summed E-state index contributed by atoms with van der Waals surface area (Å²) in [7, 11) is 4.74. The average molecular weight is 499 g/mol. The number of carbonyl (C=O) groups is 1. The molecule has 0 aliphatic carbocycles. The third-order valence-corrected chi connectivity index (χ3v) is 4.85. The summed E-state index contributed by atoms with van der Waals surface area (Å²) in [4.78, 5) is 20.3. The molecule has 0 saturated heterocycles. The van der Waals surface area contributed by atoms with Crippen molar-refractivity contribution < 1.29 is 38.0 Å². The second-order valence-corrected chi connectivity index (χ2v) is 7.28. The predicted octanol–water partition coefficient (Wildman–Crippen LogP) is 4.06. The molecular formula is C26H30N2O8. The van der Waals surface area contributed by atoms with E-state index in [1.54, 1.807) is 57.6 Å². The second-order valence-electron chi connectivity index (χ2n) is 7.28. The van der Waals surface area contributed by atoms with E-state index in [2.05, 4.69) is 9.97 Å². The molecule has 0 atom stereocenters. The SMILES string of the molecule is CCOC(=O)C=Cc1ccc(Oc2ncnc3cc(OCCOC)c(OCCOC)cc23)c(OC)c1. The fraction of sp³-hybridized carbons (Fsp3) is 0.346. The van der Waals surface area contributed by atoms with Gasteiger partial charge in [-0.3, -0.25) is 0 Å². The summed E-state index contributed by atoms with van der Waals surface area (Å²) < 4.78 is 38.4. The topological polar surface area (TPSA) is 107 Å². The van der Waals surface area contributed by atoms with E-state index in [1.165, 1.54) is 19.5 Å². The number of esters is 1. The highest BCUT2D eigenvalue weighted by atomic mass is 16.6. The van der Waals surface area contributed by atoms with Crippen LogP contribution in [-0.2, 0) is 19.0 Å². The Morgan fingerprint density at radius 2 is 1.58 bits per heavy atom. The maximum Gasteiger partial charge on any atom is 0.330 e. The van der Waals surface area contributed by atoms with Gasteiger partial charge in [-0.05, 0) is 36.8 Å². The van der Waals surface area contributed by atoms with Crippen LogP contribution in [-0.4, -0.2) is 70.3 Å². The van der Waals surface area contributed by atoms with Gasteiger partial charge in [-0.2, -0.15) is 0 Å². The number of rotatable bonds is 14. The third-order valence-electron chi connectivity index (χ3n) is 4.85. The molecule has 0 amide bonds. The van der Waals surface area contributed by atoms with Gasteiger partial charge in [0.1, 0.15) is 19.5 Å². The number of methoxy groups -OCH3 is 3. The Labute approximate surface area is 209 Å². The molecule has 0 aliphatic rings. The Balaban J connectivity index is 1.91. The van der Waals surface area contributed by atoms with Gasteiger partial charge in [0.05, 0.1) is 37.8 Å². The highest BCUT2D eigenvalue weighted by Crippen LogP contribution is 2.38. The van der Waals surface area contributed by atoms with Gasteiger partial charge < -0.3 is 33.2 Å². The number of benzene rings is 2. The monoisotopic (exact) mass is 498 g/mol. The smallest absolute Gasteiger partial charge is 0.330 e. The lowest BCUT2D eigenvalue weighted by atomic mass is 10.2. The lowest BCUT2D eigenvalue weighted by molar-refractivity contribution is -0.137. The zero-order valence-corrected chi connectivity index (χ0v) is 20.8. The van der Waals surface area contributed by atoms with Gasteiger partial charge in [-0.25, -0.2) is 14.8 Å². The summed E-state index contributed by atoms with van der Waals surface area (Å²) in [5, 5.41) is 0.623. The molecule has 0 unspecified atom stereocenters. The minimum Gasteiger partial charge on any atom is -0.493 e. The van der Waals surface area contributed by atoms with Crippen LogP contribution in [0.3, 0.4) is 0 Å². The molecule has 2 aromatic carbocycles. The summed E-state index contributed by atoms with van der Waals surface area (Å²) in [5.41, 5.74) is 1.35. The van der Waals surface area contributed by atoms with Crippen LogP contribution < -0.4 is 18.9 Å². The van der Waals surface area contributed by atoms with Crippen LogP contribution >= 0.6 is 0 Å². The molecule has 0 aliphatic heterocycles. The normalized spacial score (nSPS) is 11.0. The molecule has 0 saturated carbocycles. The van der Waals surface area contributed by atoms with E-state index in [1.807, 2.05) is 0 Å². The van der Waals surface area contributed by atoms with E-state index in [0.29, 0.717) is 72.8 Å². The number of carbonyl (C=O) groups excluding carboxylic acids is 1. The number of fused-ring (bicyclic) bond motifs is 1. The molecule has 10 heteroatoms. The van der Waals surface area contributed by atoms with Gasteiger partial charge >= 0.3 is 5.97 Å². The fourth-order valence-electron chi connectivity index (χ4n) is 3.15. The lowest BCUT2D eigenvalue weighted by Gasteiger charge is -2.15. The van der Waals surface area contributed by atoms with Crippen LogP contribution in [0, 0.1) is 0 Å². The van der Waals surface area contributed by atoms with Crippen molar-refractivity contribution in [3.05, 3.63) is 48.3 Å². The molecular weight excluding hydrogens is 468 g/mol. The number of hydrogen-bond donors (Lipinski definition) is 0. The molecule has 1 heterocycles. The van der Waals surface area contributed by atoms with Crippen molar-refractivity contribution in [2.24, 2.45) is 0 Å². The van der Waals surface area contributed by atoms with Crippen LogP contribution in [0.25, 0.3) is 17.0 Å². The number of hydrogen-bond acceptors (Lipinski definition) is 10. The summed E-state index contributed by atoms with van der Waals surface area (Å²) in [6.07, 6.45) is 4.40. The quantitative estimate of drug-likeness (QED) is 0.183. The molecule has 192 valence electrons. The Kier molecular flexibility index (Phi) is 10.3. The summed E-state index contributed by atoms with van der Waals surface area (Å²) in [6.45, 7) is 3.59. The van der Waals surface area contributed by atoms with Gasteiger partial charge in [0.2, 0.25) is 5.88 Å². The van der Waals surface area contributed by atoms with Crippen LogP contribution in [0.1, 0.15) is 12.5 Å². The zero-order valence-electron chi connectivity index (χ0n) is 20.8. The number of aromatic nitrogens is 2. The Hall–Kier alpha value is -3.89. The van der Waals surface area contributed by atoms with E-state index in [-0.39, 0.29) is 0 Å². The molecule has 0 bridgehead atoms. The van der Waals surface area contributed by atoms with Gasteiger partial charge in [0.15, 0.2) is 23.0 Å². The van der Waals surface area contributed by atoms with Gasteiger partial charge in [-0.1, -0.05) is 6.07 Å². The Morgan fingerprint density at radius 1 is 0.861 bits per heavy atom. The van der Waals surface area contributed by atoms with E-state index in [4.69, 9.17) is 33.2 Å². The first-order valence-corrected chi connectivity index (χ1v) is 11.3. The third kappa shape index (κ3) is 7.30. The van der Waals surface area contributed by atoms with Crippen LogP contribution in [0.2, 0.25) is 0 Å². The Bertz CT molecular complexity index is 1180. The molecule has 1 aromatic heterocycles. The van der Waals surface area contributed by atoms with Crippen molar-refractivity contribution in [1.29, 1.82) is 0 Å². The second kappa shape index (κ2) is 13.9. The first-order valence-electron chi connectivity index (χ1n) is 11.3. The molecule has 10 nitrogen and oxygen atoms in total. The van der Waals surface area contributed by atoms with Crippen LogP contribution in [0.15, 0.2) is 42.7 Å². The summed E-state index contributed by atoms with van der Waals surface area (Å²) >= 11 is 0. The molecule has 0 spiro atoms. The molecule has 0 fully saturated rings. The lowest BCUT2D eigenvalue weighted by Crippen LogP contribution is -2.09. The van der Waals surface area contributed by atoms with E-state index in [0.717, 1.165) is 5.56 Å². The van der Waals surface area contributed by atoms with Crippen molar-refractivity contribution in [3.63, 3.8) is 0 Å². The number of ether oxygens (including phenoxy) is 7. The number of nitrogens with zero attached hydrogens (tertiary/aromatic N) is 2. The highest BCUT2D eigenvalue weighted by molar-refractivity contribution is 5.88. The Morgan fingerprint density at radius 3 is 2.25 bits per heavy atom. The maximum atomic E-state index is 11.6. The molecule has 3 aromatic rings. The van der Waals surface area contributed by atoms with Crippen molar-refractivity contribution in [3.8, 4) is 28.9 Å².